The molecule has 2 aromatic rings. The molecular formula is C18H24N4O2. The molecule has 0 bridgehead atoms. The van der Waals surface area contributed by atoms with Crippen LogP contribution in [0.2, 0.25) is 0 Å². The maximum absolute atomic E-state index is 12.9. The smallest absolute Gasteiger partial charge is 0.278 e. The Bertz CT molecular complexity index is 729. The molecule has 0 saturated heterocycles. The van der Waals surface area contributed by atoms with E-state index < -0.39 is 5.91 Å². The molecule has 1 aromatic heterocycles. The van der Waals surface area contributed by atoms with E-state index in [4.69, 9.17) is 5.73 Å². The van der Waals surface area contributed by atoms with Crippen LogP contribution >= 0.6 is 0 Å². The lowest BCUT2D eigenvalue weighted by molar-refractivity contribution is -0.117. The number of aryl methyl sites for hydroxylation is 1. The summed E-state index contributed by atoms with van der Waals surface area (Å²) in [7, 11) is 0. The van der Waals surface area contributed by atoms with Crippen molar-refractivity contribution in [3.63, 3.8) is 0 Å². The van der Waals surface area contributed by atoms with Gasteiger partial charge < -0.3 is 10.6 Å². The number of rotatable bonds is 5. The number of para-hydroxylation sites is 1. The van der Waals surface area contributed by atoms with Crippen LogP contribution in [0.4, 0.5) is 5.69 Å². The van der Waals surface area contributed by atoms with E-state index in [2.05, 4.69) is 5.10 Å². The van der Waals surface area contributed by atoms with Crippen molar-refractivity contribution < 1.29 is 9.59 Å². The monoisotopic (exact) mass is 328 g/mol. The van der Waals surface area contributed by atoms with Gasteiger partial charge in [0.05, 0.1) is 5.54 Å². The number of aromatic nitrogens is 2. The molecule has 2 rings (SSSR count). The van der Waals surface area contributed by atoms with Crippen molar-refractivity contribution in [2.75, 3.05) is 11.4 Å². The summed E-state index contributed by atoms with van der Waals surface area (Å²) >= 11 is 0. The number of hydrogen-bond acceptors (Lipinski definition) is 3. The first-order chi connectivity index (χ1) is 11.2. The number of anilines is 1. The molecule has 6 heteroatoms. The molecule has 0 aliphatic carbocycles. The SMILES string of the molecule is Cc1cc(C(=O)N(CCC(N)=O)c2ccccc2)nn1C(C)(C)C. The molecule has 0 spiro atoms. The molecule has 0 atom stereocenters. The van der Waals surface area contributed by atoms with E-state index in [1.54, 1.807) is 11.0 Å². The van der Waals surface area contributed by atoms with Gasteiger partial charge in [-0.05, 0) is 45.9 Å². The lowest BCUT2D eigenvalue weighted by Crippen LogP contribution is -2.34. The molecule has 0 unspecified atom stereocenters. The van der Waals surface area contributed by atoms with Crippen LogP contribution in [-0.2, 0) is 10.3 Å². The molecule has 1 heterocycles. The molecule has 128 valence electrons. The average Bonchev–Trinajstić information content (AvgIpc) is 2.90. The summed E-state index contributed by atoms with van der Waals surface area (Å²) in [6.45, 7) is 8.24. The standard InChI is InChI=1S/C18H24N4O2/c1-13-12-15(20-22(13)18(2,3)4)17(24)21(11-10-16(19)23)14-8-6-5-7-9-14/h5-9,12H,10-11H2,1-4H3,(H2,19,23). The summed E-state index contributed by atoms with van der Waals surface area (Å²) in [5, 5.41) is 4.46. The van der Waals surface area contributed by atoms with Gasteiger partial charge >= 0.3 is 0 Å². The highest BCUT2D eigenvalue weighted by Gasteiger charge is 2.24. The molecule has 0 aliphatic heterocycles. The topological polar surface area (TPSA) is 81.2 Å². The van der Waals surface area contributed by atoms with Crippen LogP contribution in [0.3, 0.4) is 0 Å². The molecule has 24 heavy (non-hydrogen) atoms. The predicted octanol–water partition coefficient (Wildman–Crippen LogP) is 2.47. The zero-order valence-corrected chi connectivity index (χ0v) is 14.6. The summed E-state index contributed by atoms with van der Waals surface area (Å²) in [5.74, 6) is -0.686. The van der Waals surface area contributed by atoms with Gasteiger partial charge in [0.15, 0.2) is 5.69 Å². The van der Waals surface area contributed by atoms with Crippen LogP contribution in [0.1, 0.15) is 43.4 Å². The molecule has 2 N–H and O–H groups in total. The second-order valence-electron chi connectivity index (χ2n) is 6.76. The molecule has 2 amide bonds. The zero-order chi connectivity index (χ0) is 17.9. The number of primary amides is 1. The number of nitrogens with zero attached hydrogens (tertiary/aromatic N) is 3. The van der Waals surface area contributed by atoms with Gasteiger partial charge in [-0.2, -0.15) is 5.10 Å². The lowest BCUT2D eigenvalue weighted by atomic mass is 10.1. The van der Waals surface area contributed by atoms with Gasteiger partial charge in [0, 0.05) is 24.3 Å². The summed E-state index contributed by atoms with van der Waals surface area (Å²) in [5.41, 5.74) is 7.01. The third kappa shape index (κ3) is 4.01. The largest absolute Gasteiger partial charge is 0.370 e. The number of carbonyl (C=O) groups excluding carboxylic acids is 2. The Hall–Kier alpha value is -2.63. The minimum atomic E-state index is -0.444. The zero-order valence-electron chi connectivity index (χ0n) is 14.6. The van der Waals surface area contributed by atoms with Crippen molar-refractivity contribution in [2.45, 2.75) is 39.7 Å². The first kappa shape index (κ1) is 17.7. The molecule has 0 radical (unpaired) electrons. The van der Waals surface area contributed by atoms with Gasteiger partial charge in [0.25, 0.3) is 5.91 Å². The van der Waals surface area contributed by atoms with Gasteiger partial charge in [0.2, 0.25) is 5.91 Å². The highest BCUT2D eigenvalue weighted by Crippen LogP contribution is 2.20. The van der Waals surface area contributed by atoms with Crippen LogP contribution in [-0.4, -0.2) is 28.1 Å². The van der Waals surface area contributed by atoms with Gasteiger partial charge in [-0.15, -0.1) is 0 Å². The second-order valence-corrected chi connectivity index (χ2v) is 6.76. The summed E-state index contributed by atoms with van der Waals surface area (Å²) in [6.07, 6.45) is 0.0968. The van der Waals surface area contributed by atoms with Crippen molar-refractivity contribution in [2.24, 2.45) is 5.73 Å². The first-order valence-electron chi connectivity index (χ1n) is 7.92. The van der Waals surface area contributed by atoms with Gasteiger partial charge in [-0.1, -0.05) is 18.2 Å². The highest BCUT2D eigenvalue weighted by atomic mass is 16.2. The average molecular weight is 328 g/mol. The Kier molecular flexibility index (Phi) is 5.07. The van der Waals surface area contributed by atoms with E-state index in [0.717, 1.165) is 5.69 Å². The quantitative estimate of drug-likeness (QED) is 0.915. The van der Waals surface area contributed by atoms with Crippen molar-refractivity contribution in [3.8, 4) is 0 Å². The lowest BCUT2D eigenvalue weighted by Gasteiger charge is -2.22. The molecule has 0 fully saturated rings. The molecule has 0 aliphatic rings. The minimum absolute atomic E-state index is 0.0968. The predicted molar refractivity (Wildman–Crippen MR) is 93.9 cm³/mol. The van der Waals surface area contributed by atoms with Crippen LogP contribution in [0.25, 0.3) is 0 Å². The Labute approximate surface area is 142 Å². The van der Waals surface area contributed by atoms with E-state index in [-0.39, 0.29) is 24.4 Å². The van der Waals surface area contributed by atoms with E-state index in [9.17, 15) is 9.59 Å². The molecular weight excluding hydrogens is 304 g/mol. The van der Waals surface area contributed by atoms with Gasteiger partial charge in [-0.25, -0.2) is 0 Å². The van der Waals surface area contributed by atoms with Crippen molar-refractivity contribution >= 4 is 17.5 Å². The third-order valence-electron chi connectivity index (χ3n) is 3.64. The number of amides is 2. The Morgan fingerprint density at radius 3 is 2.33 bits per heavy atom. The molecule has 0 saturated carbocycles. The summed E-state index contributed by atoms with van der Waals surface area (Å²) in [4.78, 5) is 25.6. The van der Waals surface area contributed by atoms with Crippen LogP contribution in [0, 0.1) is 6.92 Å². The fourth-order valence-electron chi connectivity index (χ4n) is 2.57. The number of nitrogens with two attached hydrogens (primary N) is 1. The maximum atomic E-state index is 12.9. The Morgan fingerprint density at radius 1 is 1.21 bits per heavy atom. The third-order valence-corrected chi connectivity index (χ3v) is 3.64. The van der Waals surface area contributed by atoms with Crippen LogP contribution < -0.4 is 10.6 Å². The molecule has 1 aromatic carbocycles. The van der Waals surface area contributed by atoms with Crippen molar-refractivity contribution in [3.05, 3.63) is 47.8 Å². The normalized spacial score (nSPS) is 11.3. The van der Waals surface area contributed by atoms with E-state index in [0.29, 0.717) is 11.4 Å². The Balaban J connectivity index is 2.36. The Morgan fingerprint density at radius 2 is 1.83 bits per heavy atom. The van der Waals surface area contributed by atoms with Crippen molar-refractivity contribution in [1.29, 1.82) is 0 Å². The van der Waals surface area contributed by atoms with Crippen LogP contribution in [0.5, 0.6) is 0 Å². The summed E-state index contributed by atoms with van der Waals surface area (Å²) in [6, 6.07) is 11.0. The fourth-order valence-corrected chi connectivity index (χ4v) is 2.57. The number of carbonyl (C=O) groups is 2. The first-order valence-corrected chi connectivity index (χ1v) is 7.92. The van der Waals surface area contributed by atoms with Gasteiger partial charge in [0.1, 0.15) is 0 Å². The minimum Gasteiger partial charge on any atom is -0.370 e. The second kappa shape index (κ2) is 6.86. The summed E-state index contributed by atoms with van der Waals surface area (Å²) < 4.78 is 1.83. The van der Waals surface area contributed by atoms with E-state index >= 15 is 0 Å². The van der Waals surface area contributed by atoms with E-state index in [1.807, 2.05) is 62.7 Å². The van der Waals surface area contributed by atoms with Crippen molar-refractivity contribution in [1.82, 2.24) is 9.78 Å². The van der Waals surface area contributed by atoms with Gasteiger partial charge in [-0.3, -0.25) is 14.3 Å². The number of hydrogen-bond donors (Lipinski definition) is 1. The number of benzene rings is 1. The van der Waals surface area contributed by atoms with E-state index in [1.165, 1.54) is 0 Å². The highest BCUT2D eigenvalue weighted by molar-refractivity contribution is 6.05. The fraction of sp³-hybridized carbons (Fsp3) is 0.389. The van der Waals surface area contributed by atoms with Crippen LogP contribution in [0.15, 0.2) is 36.4 Å². The maximum Gasteiger partial charge on any atom is 0.278 e. The molecule has 6 nitrogen and oxygen atoms in total.